The van der Waals surface area contributed by atoms with Gasteiger partial charge in [-0.05, 0) is 0 Å². The van der Waals surface area contributed by atoms with Crippen LogP contribution in [0.3, 0.4) is 0 Å². The molecule has 64 valence electrons. The molecule has 0 amide bonds. The van der Waals surface area contributed by atoms with Crippen molar-refractivity contribution in [3.63, 3.8) is 0 Å². The van der Waals surface area contributed by atoms with E-state index in [9.17, 15) is 0 Å². The van der Waals surface area contributed by atoms with Crippen molar-refractivity contribution in [1.82, 2.24) is 0 Å². The maximum Gasteiger partial charge on any atom is 1.00 e. The van der Waals surface area contributed by atoms with Crippen molar-refractivity contribution in [1.29, 1.82) is 0 Å². The summed E-state index contributed by atoms with van der Waals surface area (Å²) >= 11 is 0. The molecule has 0 aromatic rings. The molecular formula is K3O8P2-3. The largest absolute Gasteiger partial charge is 1.00 e. The minimum absolute atomic E-state index is 0. The van der Waals surface area contributed by atoms with Gasteiger partial charge in [0.25, 0.3) is 0 Å². The van der Waals surface area contributed by atoms with Crippen LogP contribution >= 0.6 is 15.6 Å². The van der Waals surface area contributed by atoms with Crippen LogP contribution in [0.2, 0.25) is 0 Å². The molecule has 0 spiro atoms. The molecule has 0 aromatic heterocycles. The van der Waals surface area contributed by atoms with E-state index in [1.165, 1.54) is 0 Å². The van der Waals surface area contributed by atoms with Crippen molar-refractivity contribution >= 4 is 15.6 Å². The zero-order chi connectivity index (χ0) is 9.00. The normalized spacial score (nSPS) is 9.08. The summed E-state index contributed by atoms with van der Waals surface area (Å²) in [6, 6.07) is 0. The van der Waals surface area contributed by atoms with Crippen molar-refractivity contribution in [2.75, 3.05) is 0 Å². The molecule has 0 radical (unpaired) electrons. The van der Waals surface area contributed by atoms with Crippen LogP contribution in [0.5, 0.6) is 0 Å². The molecule has 0 saturated heterocycles. The average molecular weight is 307 g/mol. The zero-order valence-electron chi connectivity index (χ0n) is 7.16. The number of phosphoric acid groups is 2. The molecule has 13 heavy (non-hydrogen) atoms. The molecule has 0 N–H and O–H groups in total. The van der Waals surface area contributed by atoms with Gasteiger partial charge in [-0.15, -0.1) is 0 Å². The Hall–Kier alpha value is 5.13. The van der Waals surface area contributed by atoms with Gasteiger partial charge >= 0.3 is 154 Å². The molecule has 0 aliphatic carbocycles. The van der Waals surface area contributed by atoms with E-state index in [-0.39, 0.29) is 154 Å². The molecule has 8 nitrogen and oxygen atoms in total. The summed E-state index contributed by atoms with van der Waals surface area (Å²) in [5.74, 6) is 0. The molecule has 13 heteroatoms. The summed E-state index contributed by atoms with van der Waals surface area (Å²) in [7, 11) is -10.8. The summed E-state index contributed by atoms with van der Waals surface area (Å²) < 4.78 is 17.1. The van der Waals surface area contributed by atoms with Crippen molar-refractivity contribution in [3.8, 4) is 0 Å². The maximum atomic E-state index is 8.55. The average Bonchev–Trinajstić information content (AvgIpc) is 1.12. The predicted molar refractivity (Wildman–Crippen MR) is 15.2 cm³/mol. The van der Waals surface area contributed by atoms with Crippen LogP contribution in [0.4, 0.5) is 0 Å². The first kappa shape index (κ1) is 30.9. The minimum Gasteiger partial charge on any atom is -0.822 e. The minimum atomic E-state index is -5.39. The van der Waals surface area contributed by atoms with Crippen LogP contribution in [0.1, 0.15) is 0 Å². The Morgan fingerprint density at radius 2 is 0.538 bits per heavy atom. The van der Waals surface area contributed by atoms with Gasteiger partial charge in [-0.3, -0.25) is 0 Å². The van der Waals surface area contributed by atoms with Gasteiger partial charge in [-0.1, -0.05) is 0 Å². The third kappa shape index (κ3) is 149. The van der Waals surface area contributed by atoms with Crippen LogP contribution in [-0.4, -0.2) is 0 Å². The Bertz CT molecular complexity index is 130. The molecule has 0 atom stereocenters. The predicted octanol–water partition coefficient (Wildman–Crippen LogP) is -14.6. The van der Waals surface area contributed by atoms with Gasteiger partial charge in [0.05, 0.1) is 0 Å². The van der Waals surface area contributed by atoms with Gasteiger partial charge in [0.1, 0.15) is 0 Å². The fourth-order valence-corrected chi connectivity index (χ4v) is 0. The zero-order valence-corrected chi connectivity index (χ0v) is 18.3. The number of hydrogen-bond acceptors (Lipinski definition) is 8. The van der Waals surface area contributed by atoms with E-state index < -0.39 is 15.6 Å². The van der Waals surface area contributed by atoms with Crippen molar-refractivity contribution in [3.05, 3.63) is 0 Å². The fourth-order valence-electron chi connectivity index (χ4n) is 0. The van der Waals surface area contributed by atoms with Gasteiger partial charge in [0.15, 0.2) is 0 Å². The SMILES string of the molecule is O=P([O-])([O-])[O-].O=P([O-])([O-])[O-].[K+].[K+].[K+]. The molecule has 0 fully saturated rings. The van der Waals surface area contributed by atoms with E-state index in [1.807, 2.05) is 0 Å². The fraction of sp³-hybridized carbons (Fsp3) is 0. The monoisotopic (exact) mass is 307 g/mol. The summed E-state index contributed by atoms with van der Waals surface area (Å²) in [6.45, 7) is 0. The second-order valence-corrected chi connectivity index (χ2v) is 2.68. The standard InChI is InChI=1S/3K.2H3O4P/c;;;2*1-5(2,3)4/h;;;2*(H3,1,2,3,4)/q3*+1;;/p-6. The smallest absolute Gasteiger partial charge is 0.822 e. The van der Waals surface area contributed by atoms with Crippen molar-refractivity contribution < 1.29 is 193 Å². The van der Waals surface area contributed by atoms with E-state index >= 15 is 0 Å². The Morgan fingerprint density at radius 1 is 0.538 bits per heavy atom. The topological polar surface area (TPSA) is 172 Å². The molecule has 0 saturated carbocycles. The Balaban J connectivity index is -0.0000000267. The molecule has 0 aromatic carbocycles. The van der Waals surface area contributed by atoms with Crippen LogP contribution in [-0.2, 0) is 9.13 Å². The molecular weight excluding hydrogens is 307 g/mol. The molecule has 0 unspecified atom stereocenters. The van der Waals surface area contributed by atoms with Gasteiger partial charge in [0, 0.05) is 0 Å². The van der Waals surface area contributed by atoms with Crippen LogP contribution in [0, 0.1) is 0 Å². The van der Waals surface area contributed by atoms with E-state index in [0.29, 0.717) is 0 Å². The third-order valence-corrected chi connectivity index (χ3v) is 0. The van der Waals surface area contributed by atoms with Crippen LogP contribution < -0.4 is 184 Å². The van der Waals surface area contributed by atoms with Crippen molar-refractivity contribution in [2.45, 2.75) is 0 Å². The number of rotatable bonds is 0. The summed E-state index contributed by atoms with van der Waals surface area (Å²) in [5, 5.41) is 0. The van der Waals surface area contributed by atoms with Gasteiger partial charge < -0.3 is 38.5 Å². The van der Waals surface area contributed by atoms with Crippen LogP contribution in [0.25, 0.3) is 0 Å². The van der Waals surface area contributed by atoms with E-state index in [1.54, 1.807) is 0 Å². The summed E-state index contributed by atoms with van der Waals surface area (Å²) in [4.78, 5) is 51.3. The van der Waals surface area contributed by atoms with E-state index in [0.717, 1.165) is 0 Å². The number of hydrogen-bond donors (Lipinski definition) is 0. The molecule has 0 rings (SSSR count). The third-order valence-electron chi connectivity index (χ3n) is 0. The van der Waals surface area contributed by atoms with Crippen molar-refractivity contribution in [2.24, 2.45) is 0 Å². The quantitative estimate of drug-likeness (QED) is 0.313. The molecule has 0 aliphatic rings. The second kappa shape index (κ2) is 15.2. The Morgan fingerprint density at radius 3 is 0.538 bits per heavy atom. The Labute approximate surface area is 202 Å². The Kier molecular flexibility index (Phi) is 36.1. The second-order valence-electron chi connectivity index (χ2n) is 0.894. The first-order valence-electron chi connectivity index (χ1n) is 1.46. The summed E-state index contributed by atoms with van der Waals surface area (Å²) in [5.41, 5.74) is 0. The van der Waals surface area contributed by atoms with Gasteiger partial charge in [-0.2, -0.15) is 15.6 Å². The maximum absolute atomic E-state index is 8.55. The first-order chi connectivity index (χ1) is 4.00. The summed E-state index contributed by atoms with van der Waals surface area (Å²) in [6.07, 6.45) is 0. The molecule has 0 heterocycles. The van der Waals surface area contributed by atoms with Crippen LogP contribution in [0.15, 0.2) is 0 Å². The van der Waals surface area contributed by atoms with Gasteiger partial charge in [0.2, 0.25) is 0 Å². The first-order valence-corrected chi connectivity index (χ1v) is 4.38. The van der Waals surface area contributed by atoms with E-state index in [4.69, 9.17) is 38.5 Å². The van der Waals surface area contributed by atoms with Gasteiger partial charge in [-0.25, -0.2) is 0 Å². The molecule has 0 bridgehead atoms. The molecule has 0 aliphatic heterocycles. The van der Waals surface area contributed by atoms with E-state index in [2.05, 4.69) is 0 Å².